The molecule has 2 N–H and O–H groups in total. The number of pyridine rings is 1. The largest absolute Gasteiger partial charge is 0.339 e. The highest BCUT2D eigenvalue weighted by molar-refractivity contribution is 5.55. The van der Waals surface area contributed by atoms with Crippen molar-refractivity contribution in [2.45, 2.75) is 27.3 Å². The van der Waals surface area contributed by atoms with Crippen molar-refractivity contribution in [1.82, 2.24) is 20.3 Å². The van der Waals surface area contributed by atoms with Crippen LogP contribution in [0.1, 0.15) is 23.7 Å². The highest BCUT2D eigenvalue weighted by atomic mass is 15.0. The van der Waals surface area contributed by atoms with Crippen LogP contribution in [0, 0.1) is 13.8 Å². The summed E-state index contributed by atoms with van der Waals surface area (Å²) < 4.78 is 0. The molecule has 0 unspecified atom stereocenters. The van der Waals surface area contributed by atoms with Crippen LogP contribution in [0.2, 0.25) is 0 Å². The molecule has 4 nitrogen and oxygen atoms in total. The van der Waals surface area contributed by atoms with Crippen LogP contribution < -0.4 is 5.32 Å². The highest BCUT2D eigenvalue weighted by Crippen LogP contribution is 2.18. The molecule has 2 aromatic heterocycles. The predicted octanol–water partition coefficient (Wildman–Crippen LogP) is 2.20. The molecule has 0 amide bonds. The number of imidazole rings is 1. The Hall–Kier alpha value is -1.68. The summed E-state index contributed by atoms with van der Waals surface area (Å²) in [7, 11) is 0. The summed E-state index contributed by atoms with van der Waals surface area (Å²) in [5.74, 6) is 0.843. The van der Waals surface area contributed by atoms with E-state index < -0.39 is 0 Å². The van der Waals surface area contributed by atoms with Gasteiger partial charge in [-0.15, -0.1) is 0 Å². The maximum atomic E-state index is 4.43. The highest BCUT2D eigenvalue weighted by Gasteiger charge is 2.07. The van der Waals surface area contributed by atoms with Gasteiger partial charge in [-0.05, 0) is 31.5 Å². The number of hydrogen-bond acceptors (Lipinski definition) is 3. The van der Waals surface area contributed by atoms with Gasteiger partial charge in [0.2, 0.25) is 0 Å². The third kappa shape index (κ3) is 2.71. The molecule has 0 fully saturated rings. The molecule has 2 aromatic rings. The lowest BCUT2D eigenvalue weighted by Gasteiger charge is -2.02. The van der Waals surface area contributed by atoms with Crippen LogP contribution in [0.4, 0.5) is 0 Å². The number of aryl methyl sites for hydroxylation is 2. The lowest BCUT2D eigenvalue weighted by Crippen LogP contribution is -2.11. The van der Waals surface area contributed by atoms with Crippen LogP contribution in [-0.2, 0) is 6.54 Å². The van der Waals surface area contributed by atoms with E-state index in [9.17, 15) is 0 Å². The van der Waals surface area contributed by atoms with E-state index in [2.05, 4.69) is 40.2 Å². The Morgan fingerprint density at radius 2 is 2.06 bits per heavy atom. The minimum absolute atomic E-state index is 0.814. The first-order chi connectivity index (χ1) is 8.20. The van der Waals surface area contributed by atoms with Gasteiger partial charge in [-0.25, -0.2) is 4.98 Å². The van der Waals surface area contributed by atoms with Gasteiger partial charge in [0, 0.05) is 18.4 Å². The van der Waals surface area contributed by atoms with Gasteiger partial charge in [0.25, 0.3) is 0 Å². The second-order valence-electron chi connectivity index (χ2n) is 4.22. The summed E-state index contributed by atoms with van der Waals surface area (Å²) in [6, 6.07) is 2.12. The Bertz CT molecular complexity index is 502. The summed E-state index contributed by atoms with van der Waals surface area (Å²) in [5.41, 5.74) is 4.34. The zero-order valence-corrected chi connectivity index (χ0v) is 10.5. The SMILES string of the molecule is CCNCc1cnc(-c2ncc(C)cc2C)[nH]1. The molecule has 0 saturated carbocycles. The minimum Gasteiger partial charge on any atom is -0.339 e. The molecule has 0 aromatic carbocycles. The molecule has 0 aliphatic heterocycles. The van der Waals surface area contributed by atoms with Crippen molar-refractivity contribution in [2.24, 2.45) is 0 Å². The van der Waals surface area contributed by atoms with Gasteiger partial charge in [-0.1, -0.05) is 13.0 Å². The molecule has 2 rings (SSSR count). The lowest BCUT2D eigenvalue weighted by molar-refractivity contribution is 0.714. The van der Waals surface area contributed by atoms with E-state index in [0.29, 0.717) is 0 Å². The Morgan fingerprint density at radius 3 is 2.76 bits per heavy atom. The number of rotatable bonds is 4. The van der Waals surface area contributed by atoms with E-state index in [0.717, 1.165) is 35.9 Å². The van der Waals surface area contributed by atoms with Crippen molar-refractivity contribution in [2.75, 3.05) is 6.54 Å². The molecule has 0 spiro atoms. The quantitative estimate of drug-likeness (QED) is 0.846. The monoisotopic (exact) mass is 230 g/mol. The molecule has 0 aliphatic carbocycles. The first-order valence-electron chi connectivity index (χ1n) is 5.89. The summed E-state index contributed by atoms with van der Waals surface area (Å²) in [4.78, 5) is 12.1. The van der Waals surface area contributed by atoms with Crippen LogP contribution >= 0.6 is 0 Å². The smallest absolute Gasteiger partial charge is 0.156 e. The van der Waals surface area contributed by atoms with Gasteiger partial charge in [0.15, 0.2) is 5.82 Å². The Kier molecular flexibility index (Phi) is 3.54. The molecule has 17 heavy (non-hydrogen) atoms. The summed E-state index contributed by atoms with van der Waals surface area (Å²) in [6.07, 6.45) is 3.73. The topological polar surface area (TPSA) is 53.6 Å². The fraction of sp³-hybridized carbons (Fsp3) is 0.385. The van der Waals surface area contributed by atoms with Crippen molar-refractivity contribution in [3.05, 3.63) is 35.3 Å². The molecule has 4 heteroatoms. The molecule has 2 heterocycles. The first-order valence-corrected chi connectivity index (χ1v) is 5.89. The predicted molar refractivity (Wildman–Crippen MR) is 68.7 cm³/mol. The Labute approximate surface area is 102 Å². The fourth-order valence-electron chi connectivity index (χ4n) is 1.79. The van der Waals surface area contributed by atoms with Gasteiger partial charge in [0.1, 0.15) is 5.69 Å². The van der Waals surface area contributed by atoms with Gasteiger partial charge < -0.3 is 10.3 Å². The standard InChI is InChI=1S/C13H18N4/c1-4-14-7-11-8-16-13(17-11)12-10(3)5-9(2)6-15-12/h5-6,8,14H,4,7H2,1-3H3,(H,16,17). The second kappa shape index (κ2) is 5.10. The van der Waals surface area contributed by atoms with Crippen LogP contribution in [-0.4, -0.2) is 21.5 Å². The zero-order chi connectivity index (χ0) is 12.3. The molecule has 0 saturated heterocycles. The summed E-state index contributed by atoms with van der Waals surface area (Å²) >= 11 is 0. The first kappa shape index (κ1) is 11.8. The average molecular weight is 230 g/mol. The molecule has 0 radical (unpaired) electrons. The van der Waals surface area contributed by atoms with Crippen molar-refractivity contribution >= 4 is 0 Å². The third-order valence-corrected chi connectivity index (χ3v) is 2.63. The average Bonchev–Trinajstić information content (AvgIpc) is 2.75. The molecule has 0 bridgehead atoms. The number of aromatic nitrogens is 3. The van der Waals surface area contributed by atoms with Crippen molar-refractivity contribution in [3.63, 3.8) is 0 Å². The van der Waals surface area contributed by atoms with E-state index in [1.54, 1.807) is 0 Å². The molecule has 90 valence electrons. The second-order valence-corrected chi connectivity index (χ2v) is 4.22. The zero-order valence-electron chi connectivity index (χ0n) is 10.5. The van der Waals surface area contributed by atoms with E-state index in [-0.39, 0.29) is 0 Å². The number of aromatic amines is 1. The fourth-order valence-corrected chi connectivity index (χ4v) is 1.79. The van der Waals surface area contributed by atoms with Crippen LogP contribution in [0.5, 0.6) is 0 Å². The summed E-state index contributed by atoms with van der Waals surface area (Å²) in [5, 5.41) is 3.26. The minimum atomic E-state index is 0.814. The maximum absolute atomic E-state index is 4.43. The van der Waals surface area contributed by atoms with Crippen molar-refractivity contribution < 1.29 is 0 Å². The number of nitrogens with one attached hydrogen (secondary N) is 2. The molecular weight excluding hydrogens is 212 g/mol. The molecule has 0 aliphatic rings. The van der Waals surface area contributed by atoms with Gasteiger partial charge in [-0.2, -0.15) is 0 Å². The van der Waals surface area contributed by atoms with Gasteiger partial charge in [-0.3, -0.25) is 4.98 Å². The van der Waals surface area contributed by atoms with Gasteiger partial charge >= 0.3 is 0 Å². The maximum Gasteiger partial charge on any atom is 0.156 e. The molecular formula is C13H18N4. The van der Waals surface area contributed by atoms with E-state index >= 15 is 0 Å². The lowest BCUT2D eigenvalue weighted by atomic mass is 10.1. The van der Waals surface area contributed by atoms with Crippen LogP contribution in [0.15, 0.2) is 18.5 Å². The van der Waals surface area contributed by atoms with Crippen molar-refractivity contribution in [3.8, 4) is 11.5 Å². The van der Waals surface area contributed by atoms with E-state index in [1.807, 2.05) is 19.3 Å². The number of nitrogens with zero attached hydrogens (tertiary/aromatic N) is 2. The van der Waals surface area contributed by atoms with E-state index in [4.69, 9.17) is 0 Å². The Balaban J connectivity index is 2.24. The molecule has 0 atom stereocenters. The van der Waals surface area contributed by atoms with Gasteiger partial charge in [0.05, 0.1) is 6.20 Å². The number of hydrogen-bond donors (Lipinski definition) is 2. The third-order valence-electron chi connectivity index (χ3n) is 2.63. The summed E-state index contributed by atoms with van der Waals surface area (Å²) in [6.45, 7) is 7.96. The number of H-pyrrole nitrogens is 1. The Morgan fingerprint density at radius 1 is 1.24 bits per heavy atom. The van der Waals surface area contributed by atoms with E-state index in [1.165, 1.54) is 5.56 Å². The van der Waals surface area contributed by atoms with Crippen LogP contribution in [0.25, 0.3) is 11.5 Å². The van der Waals surface area contributed by atoms with Crippen LogP contribution in [0.3, 0.4) is 0 Å². The van der Waals surface area contributed by atoms with Crippen molar-refractivity contribution in [1.29, 1.82) is 0 Å². The normalized spacial score (nSPS) is 10.8.